The second-order valence-corrected chi connectivity index (χ2v) is 5.80. The van der Waals surface area contributed by atoms with Gasteiger partial charge in [-0.15, -0.1) is 0 Å². The number of aromatic nitrogens is 2. The number of nitrogens with zero attached hydrogens (tertiary/aromatic N) is 2. The van der Waals surface area contributed by atoms with Gasteiger partial charge in [0.25, 0.3) is 11.2 Å². The molecule has 8 heteroatoms. The standard InChI is InChI=1S/C15H17N3O4S/c1-3-4-11-8-14(19)17-15(16-11)23-9-10-7-12(18(20)21)5-6-13(10)22-2/h5-8H,3-4,9H2,1-2H3,(H,16,17,19). The Bertz CT molecular complexity index is 761. The molecule has 7 nitrogen and oxygen atoms in total. The van der Waals surface area contributed by atoms with E-state index in [-0.39, 0.29) is 11.2 Å². The third-order valence-electron chi connectivity index (χ3n) is 3.12. The second kappa shape index (κ2) is 7.77. The van der Waals surface area contributed by atoms with Gasteiger partial charge in [0, 0.05) is 35.2 Å². The minimum Gasteiger partial charge on any atom is -0.496 e. The number of ether oxygens (including phenoxy) is 1. The Morgan fingerprint density at radius 3 is 2.83 bits per heavy atom. The summed E-state index contributed by atoms with van der Waals surface area (Å²) in [7, 11) is 1.51. The largest absolute Gasteiger partial charge is 0.496 e. The van der Waals surface area contributed by atoms with E-state index in [1.54, 1.807) is 6.07 Å². The Morgan fingerprint density at radius 2 is 2.17 bits per heavy atom. The normalized spacial score (nSPS) is 10.5. The lowest BCUT2D eigenvalue weighted by atomic mass is 10.2. The minimum atomic E-state index is -0.449. The molecule has 122 valence electrons. The summed E-state index contributed by atoms with van der Waals surface area (Å²) in [6.45, 7) is 2.02. The molecule has 0 saturated carbocycles. The van der Waals surface area contributed by atoms with Gasteiger partial charge in [0.1, 0.15) is 5.75 Å². The van der Waals surface area contributed by atoms with Crippen LogP contribution in [0.15, 0.2) is 34.2 Å². The van der Waals surface area contributed by atoms with Crippen LogP contribution >= 0.6 is 11.8 Å². The van der Waals surface area contributed by atoms with Gasteiger partial charge in [-0.25, -0.2) is 4.98 Å². The zero-order valence-electron chi connectivity index (χ0n) is 12.9. The van der Waals surface area contributed by atoms with Gasteiger partial charge in [-0.1, -0.05) is 25.1 Å². The first kappa shape index (κ1) is 17.0. The van der Waals surface area contributed by atoms with E-state index < -0.39 is 4.92 Å². The Labute approximate surface area is 137 Å². The van der Waals surface area contributed by atoms with E-state index in [1.807, 2.05) is 6.92 Å². The van der Waals surface area contributed by atoms with Crippen LogP contribution in [-0.2, 0) is 12.2 Å². The molecule has 0 radical (unpaired) electrons. The number of aryl methyl sites for hydroxylation is 1. The molecule has 0 aliphatic carbocycles. The van der Waals surface area contributed by atoms with Crippen LogP contribution in [-0.4, -0.2) is 22.0 Å². The lowest BCUT2D eigenvalue weighted by Gasteiger charge is -2.08. The summed E-state index contributed by atoms with van der Waals surface area (Å²) in [5.74, 6) is 0.971. The monoisotopic (exact) mass is 335 g/mol. The Morgan fingerprint density at radius 1 is 1.39 bits per heavy atom. The summed E-state index contributed by atoms with van der Waals surface area (Å²) < 4.78 is 5.23. The highest BCUT2D eigenvalue weighted by Crippen LogP contribution is 2.29. The quantitative estimate of drug-likeness (QED) is 0.361. The van der Waals surface area contributed by atoms with Crippen molar-refractivity contribution < 1.29 is 9.66 Å². The molecule has 23 heavy (non-hydrogen) atoms. The summed E-state index contributed by atoms with van der Waals surface area (Å²) in [6, 6.07) is 5.92. The maximum absolute atomic E-state index is 11.6. The second-order valence-electron chi connectivity index (χ2n) is 4.83. The van der Waals surface area contributed by atoms with Gasteiger partial charge < -0.3 is 9.72 Å². The molecule has 0 saturated heterocycles. The number of nitrogens with one attached hydrogen (secondary N) is 1. The summed E-state index contributed by atoms with van der Waals surface area (Å²) >= 11 is 1.31. The van der Waals surface area contributed by atoms with E-state index in [4.69, 9.17) is 4.74 Å². The molecule has 0 aliphatic rings. The van der Waals surface area contributed by atoms with E-state index in [1.165, 1.54) is 37.1 Å². The van der Waals surface area contributed by atoms with Crippen LogP contribution in [0.3, 0.4) is 0 Å². The van der Waals surface area contributed by atoms with Gasteiger partial charge in [-0.2, -0.15) is 0 Å². The van der Waals surface area contributed by atoms with Crippen molar-refractivity contribution in [3.05, 3.63) is 56.0 Å². The molecule has 0 spiro atoms. The SMILES string of the molecule is CCCc1cc(=O)[nH]c(SCc2cc([N+](=O)[O-])ccc2OC)n1. The topological polar surface area (TPSA) is 98.1 Å². The van der Waals surface area contributed by atoms with Gasteiger partial charge >= 0.3 is 0 Å². The van der Waals surface area contributed by atoms with E-state index in [0.29, 0.717) is 22.2 Å². The van der Waals surface area contributed by atoms with Gasteiger partial charge in [0.05, 0.1) is 12.0 Å². The maximum atomic E-state index is 11.6. The number of H-pyrrole nitrogens is 1. The highest BCUT2D eigenvalue weighted by molar-refractivity contribution is 7.98. The van der Waals surface area contributed by atoms with Gasteiger partial charge in [-0.05, 0) is 12.5 Å². The van der Waals surface area contributed by atoms with Crippen LogP contribution in [0.5, 0.6) is 5.75 Å². The fourth-order valence-electron chi connectivity index (χ4n) is 2.07. The van der Waals surface area contributed by atoms with Gasteiger partial charge in [0.2, 0.25) is 0 Å². The number of non-ortho nitro benzene ring substituents is 1. The highest BCUT2D eigenvalue weighted by atomic mass is 32.2. The summed E-state index contributed by atoms with van der Waals surface area (Å²) in [5, 5.41) is 11.4. The Kier molecular flexibility index (Phi) is 5.75. The first-order chi connectivity index (χ1) is 11.0. The van der Waals surface area contributed by atoms with Gasteiger partial charge in [-0.3, -0.25) is 14.9 Å². The molecule has 0 unspecified atom stereocenters. The molecule has 0 bridgehead atoms. The molecule has 1 N–H and O–H groups in total. The van der Waals surface area contributed by atoms with E-state index in [9.17, 15) is 14.9 Å². The zero-order chi connectivity index (χ0) is 16.8. The van der Waals surface area contributed by atoms with Crippen molar-refractivity contribution in [1.29, 1.82) is 0 Å². The lowest BCUT2D eigenvalue weighted by molar-refractivity contribution is -0.384. The van der Waals surface area contributed by atoms with Crippen LogP contribution in [0.4, 0.5) is 5.69 Å². The molecular formula is C15H17N3O4S. The summed E-state index contributed by atoms with van der Waals surface area (Å²) in [4.78, 5) is 29.1. The van der Waals surface area contributed by atoms with Crippen molar-refractivity contribution in [3.8, 4) is 5.75 Å². The molecule has 2 rings (SSSR count). The van der Waals surface area contributed by atoms with Gasteiger partial charge in [0.15, 0.2) is 5.16 Å². The van der Waals surface area contributed by atoms with Crippen LogP contribution in [0, 0.1) is 10.1 Å². The fourth-order valence-corrected chi connectivity index (χ4v) is 2.95. The number of nitro groups is 1. The molecule has 1 aromatic heterocycles. The predicted molar refractivity (Wildman–Crippen MR) is 88.1 cm³/mol. The Balaban J connectivity index is 2.21. The lowest BCUT2D eigenvalue weighted by Crippen LogP contribution is -2.10. The van der Waals surface area contributed by atoms with Crippen LogP contribution < -0.4 is 10.3 Å². The molecule has 0 fully saturated rings. The number of hydrogen-bond donors (Lipinski definition) is 1. The Hall–Kier alpha value is -2.35. The van der Waals surface area contributed by atoms with Crippen LogP contribution in [0.25, 0.3) is 0 Å². The summed E-state index contributed by atoms with van der Waals surface area (Å²) in [6.07, 6.45) is 1.64. The number of rotatable bonds is 7. The summed E-state index contributed by atoms with van der Waals surface area (Å²) in [5.41, 5.74) is 1.22. The predicted octanol–water partition coefficient (Wildman–Crippen LogP) is 2.93. The van der Waals surface area contributed by atoms with E-state index in [2.05, 4.69) is 9.97 Å². The zero-order valence-corrected chi connectivity index (χ0v) is 13.7. The van der Waals surface area contributed by atoms with Crippen molar-refractivity contribution in [3.63, 3.8) is 0 Å². The van der Waals surface area contributed by atoms with E-state index >= 15 is 0 Å². The molecule has 0 aliphatic heterocycles. The first-order valence-corrected chi connectivity index (χ1v) is 8.06. The number of hydrogen-bond acceptors (Lipinski definition) is 6. The average Bonchev–Trinajstić information content (AvgIpc) is 2.52. The van der Waals surface area contributed by atoms with Crippen LogP contribution in [0.1, 0.15) is 24.6 Å². The van der Waals surface area contributed by atoms with Crippen molar-refractivity contribution in [2.75, 3.05) is 7.11 Å². The molecule has 0 atom stereocenters. The van der Waals surface area contributed by atoms with E-state index in [0.717, 1.165) is 18.5 Å². The maximum Gasteiger partial charge on any atom is 0.270 e. The smallest absolute Gasteiger partial charge is 0.270 e. The average molecular weight is 335 g/mol. The minimum absolute atomic E-state index is 0.00239. The number of methoxy groups -OCH3 is 1. The van der Waals surface area contributed by atoms with Crippen molar-refractivity contribution >= 4 is 17.4 Å². The third kappa shape index (κ3) is 4.56. The molecule has 2 aromatic rings. The van der Waals surface area contributed by atoms with Crippen molar-refractivity contribution in [2.45, 2.75) is 30.7 Å². The number of aromatic amines is 1. The van der Waals surface area contributed by atoms with Crippen molar-refractivity contribution in [1.82, 2.24) is 9.97 Å². The molecule has 0 amide bonds. The molecule has 1 aromatic carbocycles. The first-order valence-electron chi connectivity index (χ1n) is 7.07. The fraction of sp³-hybridized carbons (Fsp3) is 0.333. The van der Waals surface area contributed by atoms with Crippen LogP contribution in [0.2, 0.25) is 0 Å². The number of nitro benzene ring substituents is 1. The number of thioether (sulfide) groups is 1. The molecular weight excluding hydrogens is 318 g/mol. The highest BCUT2D eigenvalue weighted by Gasteiger charge is 2.12. The molecule has 1 heterocycles. The number of benzene rings is 1. The third-order valence-corrected chi connectivity index (χ3v) is 4.04. The van der Waals surface area contributed by atoms with Crippen molar-refractivity contribution in [2.24, 2.45) is 0 Å².